The lowest BCUT2D eigenvalue weighted by Gasteiger charge is -2.04. The predicted molar refractivity (Wildman–Crippen MR) is 77.9 cm³/mol. The van der Waals surface area contributed by atoms with E-state index in [4.69, 9.17) is 11.6 Å². The molecule has 108 valence electrons. The molecule has 0 aromatic heterocycles. The first-order valence-electron chi connectivity index (χ1n) is 5.85. The van der Waals surface area contributed by atoms with E-state index in [2.05, 4.69) is 0 Å². The summed E-state index contributed by atoms with van der Waals surface area (Å²) in [5.74, 6) is -2.43. The number of rotatable bonds is 3. The van der Waals surface area contributed by atoms with Crippen LogP contribution in [0.4, 0.5) is 0 Å². The Labute approximate surface area is 125 Å². The molecule has 2 aromatic carbocycles. The van der Waals surface area contributed by atoms with Crippen LogP contribution in [0.1, 0.15) is 15.9 Å². The van der Waals surface area contributed by atoms with Gasteiger partial charge in [0.1, 0.15) is 5.75 Å². The van der Waals surface area contributed by atoms with Gasteiger partial charge in [-0.15, -0.1) is 0 Å². The molecule has 0 saturated heterocycles. The maximum Gasteiger partial charge on any atom is 0.200 e. The maximum absolute atomic E-state index is 12.0. The molecular formula is C15H11ClO5. The lowest BCUT2D eigenvalue weighted by Crippen LogP contribution is -1.94. The van der Waals surface area contributed by atoms with Gasteiger partial charge in [-0.25, -0.2) is 0 Å². The summed E-state index contributed by atoms with van der Waals surface area (Å²) in [5, 5.41) is 38.1. The van der Waals surface area contributed by atoms with E-state index in [1.807, 2.05) is 0 Å². The minimum atomic E-state index is -0.671. The van der Waals surface area contributed by atoms with Gasteiger partial charge < -0.3 is 20.4 Å². The van der Waals surface area contributed by atoms with Crippen molar-refractivity contribution in [3.8, 4) is 23.0 Å². The molecule has 0 amide bonds. The molecule has 0 aliphatic heterocycles. The summed E-state index contributed by atoms with van der Waals surface area (Å²) in [5.41, 5.74) is 0.154. The Bertz CT molecular complexity index is 737. The van der Waals surface area contributed by atoms with Crippen LogP contribution in [-0.4, -0.2) is 26.2 Å². The number of carbonyl (C=O) groups excluding carboxylic acids is 1. The molecule has 5 nitrogen and oxygen atoms in total. The molecule has 21 heavy (non-hydrogen) atoms. The molecular weight excluding hydrogens is 296 g/mol. The zero-order chi connectivity index (χ0) is 15.6. The van der Waals surface area contributed by atoms with Crippen molar-refractivity contribution < 1.29 is 25.2 Å². The number of allylic oxidation sites excluding steroid dienone is 1. The highest BCUT2D eigenvalue weighted by atomic mass is 35.5. The van der Waals surface area contributed by atoms with Gasteiger partial charge in [-0.05, 0) is 42.5 Å². The molecule has 0 saturated carbocycles. The van der Waals surface area contributed by atoms with Gasteiger partial charge >= 0.3 is 0 Å². The molecule has 0 fully saturated rings. The molecule has 0 radical (unpaired) electrons. The van der Waals surface area contributed by atoms with Crippen molar-refractivity contribution in [2.75, 3.05) is 0 Å². The summed E-state index contributed by atoms with van der Waals surface area (Å²) in [6.07, 6.45) is 2.36. The number of halogens is 1. The van der Waals surface area contributed by atoms with Crippen LogP contribution in [0, 0.1) is 0 Å². The Morgan fingerprint density at radius 2 is 1.62 bits per heavy atom. The van der Waals surface area contributed by atoms with E-state index in [9.17, 15) is 25.2 Å². The van der Waals surface area contributed by atoms with E-state index >= 15 is 0 Å². The van der Waals surface area contributed by atoms with Gasteiger partial charge in [-0.1, -0.05) is 11.6 Å². The quantitative estimate of drug-likeness (QED) is 0.397. The van der Waals surface area contributed by atoms with Crippen LogP contribution < -0.4 is 0 Å². The molecule has 6 heteroatoms. The third kappa shape index (κ3) is 3.09. The van der Waals surface area contributed by atoms with E-state index in [0.717, 1.165) is 6.08 Å². The van der Waals surface area contributed by atoms with E-state index in [0.29, 0.717) is 5.02 Å². The van der Waals surface area contributed by atoms with Crippen molar-refractivity contribution in [1.82, 2.24) is 0 Å². The van der Waals surface area contributed by atoms with Crippen LogP contribution in [0.15, 0.2) is 36.4 Å². The van der Waals surface area contributed by atoms with Gasteiger partial charge in [0, 0.05) is 10.6 Å². The molecule has 0 aliphatic rings. The van der Waals surface area contributed by atoms with Gasteiger partial charge in [0.15, 0.2) is 17.3 Å². The summed E-state index contributed by atoms with van der Waals surface area (Å²) < 4.78 is 0. The Hall–Kier alpha value is -2.66. The first-order chi connectivity index (χ1) is 9.90. The van der Waals surface area contributed by atoms with E-state index in [1.54, 1.807) is 0 Å². The van der Waals surface area contributed by atoms with Gasteiger partial charge in [-0.2, -0.15) is 0 Å². The molecule has 0 bridgehead atoms. The number of ketones is 1. The van der Waals surface area contributed by atoms with Crippen LogP contribution in [0.5, 0.6) is 23.0 Å². The molecule has 0 spiro atoms. The molecule has 0 aliphatic carbocycles. The number of phenols is 4. The summed E-state index contributed by atoms with van der Waals surface area (Å²) in [6.45, 7) is 0. The zero-order valence-corrected chi connectivity index (χ0v) is 11.4. The fourth-order valence-electron chi connectivity index (χ4n) is 1.68. The first-order valence-corrected chi connectivity index (χ1v) is 6.22. The second-order valence-electron chi connectivity index (χ2n) is 4.23. The molecule has 0 atom stereocenters. The highest BCUT2D eigenvalue weighted by Crippen LogP contribution is 2.37. The van der Waals surface area contributed by atoms with Crippen LogP contribution >= 0.6 is 11.6 Å². The van der Waals surface area contributed by atoms with Crippen molar-refractivity contribution in [3.05, 3.63) is 52.6 Å². The number of hydrogen-bond acceptors (Lipinski definition) is 5. The maximum atomic E-state index is 12.0. The fourth-order valence-corrected chi connectivity index (χ4v) is 1.85. The largest absolute Gasteiger partial charge is 0.507 e. The average Bonchev–Trinajstić information content (AvgIpc) is 2.46. The monoisotopic (exact) mass is 306 g/mol. The SMILES string of the molecule is O=C(/C=C/c1ccc(O)c(O)c1O)c1cc(Cl)ccc1O. The van der Waals surface area contributed by atoms with Crippen molar-refractivity contribution >= 4 is 23.5 Å². The molecule has 2 rings (SSSR count). The predicted octanol–water partition coefficient (Wildman–Crippen LogP) is 3.06. The van der Waals surface area contributed by atoms with Gasteiger partial charge in [-0.3, -0.25) is 4.79 Å². The minimum absolute atomic E-state index is 0.0150. The number of hydrogen-bond donors (Lipinski definition) is 4. The van der Waals surface area contributed by atoms with Crippen LogP contribution in [-0.2, 0) is 0 Å². The minimum Gasteiger partial charge on any atom is -0.507 e. The first kappa shape index (κ1) is 14.7. The molecule has 0 unspecified atom stereocenters. The van der Waals surface area contributed by atoms with Crippen LogP contribution in [0.2, 0.25) is 5.02 Å². The standard InChI is InChI=1S/C15H11ClO5/c16-9-3-6-12(18)10(7-9)11(17)4-1-8-2-5-13(19)15(21)14(8)20/h1-7,18-21H/b4-1+. The Morgan fingerprint density at radius 3 is 2.33 bits per heavy atom. The summed E-state index contributed by atoms with van der Waals surface area (Å²) in [6, 6.07) is 6.56. The molecule has 0 heterocycles. The Balaban J connectivity index is 2.31. The lowest BCUT2D eigenvalue weighted by molar-refractivity contribution is 0.104. The highest BCUT2D eigenvalue weighted by Gasteiger charge is 2.11. The summed E-state index contributed by atoms with van der Waals surface area (Å²) >= 11 is 5.75. The van der Waals surface area contributed by atoms with Crippen molar-refractivity contribution in [1.29, 1.82) is 0 Å². The summed E-state index contributed by atoms with van der Waals surface area (Å²) in [7, 11) is 0. The molecule has 4 N–H and O–H groups in total. The number of benzene rings is 2. The van der Waals surface area contributed by atoms with Crippen LogP contribution in [0.25, 0.3) is 6.08 Å². The third-order valence-corrected chi connectivity index (χ3v) is 3.03. The second kappa shape index (κ2) is 5.76. The Morgan fingerprint density at radius 1 is 0.952 bits per heavy atom. The van der Waals surface area contributed by atoms with E-state index in [1.165, 1.54) is 36.4 Å². The van der Waals surface area contributed by atoms with Crippen LogP contribution in [0.3, 0.4) is 0 Å². The normalized spacial score (nSPS) is 10.9. The molecule has 2 aromatic rings. The van der Waals surface area contributed by atoms with E-state index in [-0.39, 0.29) is 16.9 Å². The topological polar surface area (TPSA) is 98.0 Å². The zero-order valence-electron chi connectivity index (χ0n) is 10.6. The summed E-state index contributed by atoms with van der Waals surface area (Å²) in [4.78, 5) is 12.0. The number of aromatic hydroxyl groups is 4. The lowest BCUT2D eigenvalue weighted by atomic mass is 10.1. The number of phenolic OH excluding ortho intramolecular Hbond substituents is 4. The highest BCUT2D eigenvalue weighted by molar-refractivity contribution is 6.31. The smallest absolute Gasteiger partial charge is 0.200 e. The van der Waals surface area contributed by atoms with Crippen molar-refractivity contribution in [2.24, 2.45) is 0 Å². The fraction of sp³-hybridized carbons (Fsp3) is 0. The third-order valence-electron chi connectivity index (χ3n) is 2.80. The van der Waals surface area contributed by atoms with Crippen molar-refractivity contribution in [2.45, 2.75) is 0 Å². The Kier molecular flexibility index (Phi) is 4.05. The van der Waals surface area contributed by atoms with E-state index < -0.39 is 23.0 Å². The average molecular weight is 307 g/mol. The number of carbonyl (C=O) groups is 1. The van der Waals surface area contributed by atoms with Gasteiger partial charge in [0.2, 0.25) is 5.75 Å². The van der Waals surface area contributed by atoms with Gasteiger partial charge in [0.25, 0.3) is 0 Å². The second-order valence-corrected chi connectivity index (χ2v) is 4.67. The van der Waals surface area contributed by atoms with Gasteiger partial charge in [0.05, 0.1) is 5.56 Å². The van der Waals surface area contributed by atoms with Crippen molar-refractivity contribution in [3.63, 3.8) is 0 Å².